The minimum atomic E-state index is 0.426. The molecule has 21 heavy (non-hydrogen) atoms. The van der Waals surface area contributed by atoms with Gasteiger partial charge in [-0.15, -0.1) is 11.3 Å². The lowest BCUT2D eigenvalue weighted by Gasteiger charge is -1.99. The Morgan fingerprint density at radius 2 is 1.86 bits per heavy atom. The van der Waals surface area contributed by atoms with Crippen LogP contribution >= 0.6 is 38.9 Å². The topological polar surface area (TPSA) is 38.9 Å². The highest BCUT2D eigenvalue weighted by Gasteiger charge is 2.13. The molecule has 0 saturated carbocycles. The second kappa shape index (κ2) is 6.28. The molecule has 0 spiro atoms. The molecule has 3 rings (SSSR count). The van der Waals surface area contributed by atoms with E-state index in [1.54, 1.807) is 11.3 Å². The highest BCUT2D eigenvalue weighted by atomic mass is 79.9. The van der Waals surface area contributed by atoms with Crippen LogP contribution in [0.4, 0.5) is 0 Å². The van der Waals surface area contributed by atoms with E-state index in [1.165, 1.54) is 0 Å². The van der Waals surface area contributed by atoms with Crippen LogP contribution < -0.4 is 5.73 Å². The van der Waals surface area contributed by atoms with Crippen molar-refractivity contribution in [1.82, 2.24) is 4.98 Å². The van der Waals surface area contributed by atoms with Crippen LogP contribution in [-0.2, 0) is 6.54 Å². The minimum absolute atomic E-state index is 0.426. The maximum atomic E-state index is 6.04. The molecule has 0 radical (unpaired) electrons. The Labute approximate surface area is 140 Å². The van der Waals surface area contributed by atoms with Gasteiger partial charge in [0.25, 0.3) is 0 Å². The Kier molecular flexibility index (Phi) is 4.40. The lowest BCUT2D eigenvalue weighted by atomic mass is 10.1. The molecular weight excluding hydrogens is 368 g/mol. The molecule has 0 aliphatic heterocycles. The van der Waals surface area contributed by atoms with Crippen LogP contribution in [0, 0.1) is 0 Å². The van der Waals surface area contributed by atoms with Gasteiger partial charge in [-0.3, -0.25) is 0 Å². The van der Waals surface area contributed by atoms with Gasteiger partial charge in [0.15, 0.2) is 0 Å². The fourth-order valence-corrected chi connectivity index (χ4v) is 3.65. The number of aromatic nitrogens is 1. The number of halogens is 2. The third kappa shape index (κ3) is 3.04. The molecule has 0 aliphatic carbocycles. The van der Waals surface area contributed by atoms with Crippen LogP contribution in [0.1, 0.15) is 5.69 Å². The molecule has 5 heteroatoms. The average Bonchev–Trinajstić information content (AvgIpc) is 2.95. The molecule has 2 N–H and O–H groups in total. The van der Waals surface area contributed by atoms with Gasteiger partial charge >= 0.3 is 0 Å². The average molecular weight is 380 g/mol. The summed E-state index contributed by atoms with van der Waals surface area (Å²) in [6, 6.07) is 16.0. The Hall–Kier alpha value is -1.20. The van der Waals surface area contributed by atoms with E-state index in [4.69, 9.17) is 17.3 Å². The second-order valence-corrected chi connectivity index (χ2v) is 6.75. The van der Waals surface area contributed by atoms with Gasteiger partial charge in [-0.2, -0.15) is 0 Å². The Balaban J connectivity index is 2.09. The summed E-state index contributed by atoms with van der Waals surface area (Å²) in [5.41, 5.74) is 8.95. The van der Waals surface area contributed by atoms with Gasteiger partial charge in [0.1, 0.15) is 5.01 Å². The van der Waals surface area contributed by atoms with Crippen molar-refractivity contribution < 1.29 is 0 Å². The van der Waals surface area contributed by atoms with Gasteiger partial charge in [0, 0.05) is 16.6 Å². The summed E-state index contributed by atoms with van der Waals surface area (Å²) in [5.74, 6) is 0. The molecule has 3 aromatic rings. The molecule has 0 bridgehead atoms. The van der Waals surface area contributed by atoms with Crippen LogP contribution in [-0.4, -0.2) is 4.98 Å². The third-order valence-corrected chi connectivity index (χ3v) is 5.50. The fraction of sp³-hybridized carbons (Fsp3) is 0.0625. The van der Waals surface area contributed by atoms with E-state index in [0.29, 0.717) is 11.6 Å². The molecular formula is C16H12BrClN2S. The third-order valence-electron chi connectivity index (χ3n) is 3.09. The number of thiazole rings is 1. The van der Waals surface area contributed by atoms with Crippen molar-refractivity contribution in [2.75, 3.05) is 0 Å². The minimum Gasteiger partial charge on any atom is -0.325 e. The maximum absolute atomic E-state index is 6.04. The molecule has 1 heterocycles. The highest BCUT2D eigenvalue weighted by Crippen LogP contribution is 2.37. The smallest absolute Gasteiger partial charge is 0.124 e. The van der Waals surface area contributed by atoms with Crippen molar-refractivity contribution in [3.8, 4) is 21.0 Å². The van der Waals surface area contributed by atoms with Crippen LogP contribution in [0.25, 0.3) is 21.0 Å². The van der Waals surface area contributed by atoms with E-state index in [0.717, 1.165) is 31.2 Å². The molecule has 0 fully saturated rings. The molecule has 2 aromatic carbocycles. The van der Waals surface area contributed by atoms with Crippen molar-refractivity contribution in [2.45, 2.75) is 6.54 Å². The van der Waals surface area contributed by atoms with Gasteiger partial charge in [-0.25, -0.2) is 4.98 Å². The van der Waals surface area contributed by atoms with E-state index in [2.05, 4.69) is 33.0 Å². The zero-order valence-corrected chi connectivity index (χ0v) is 14.2. The molecule has 1 aromatic heterocycles. The zero-order chi connectivity index (χ0) is 14.8. The first kappa shape index (κ1) is 14.7. The molecule has 0 aliphatic rings. The Morgan fingerprint density at radius 1 is 1.10 bits per heavy atom. The Morgan fingerprint density at radius 3 is 2.52 bits per heavy atom. The van der Waals surface area contributed by atoms with Crippen LogP contribution in [0.5, 0.6) is 0 Å². The fourth-order valence-electron chi connectivity index (χ4n) is 2.06. The van der Waals surface area contributed by atoms with E-state index in [-0.39, 0.29) is 0 Å². The predicted molar refractivity (Wildman–Crippen MR) is 93.6 cm³/mol. The maximum Gasteiger partial charge on any atom is 0.124 e. The molecule has 0 atom stereocenters. The summed E-state index contributed by atoms with van der Waals surface area (Å²) in [6.45, 7) is 0.426. The first-order chi connectivity index (χ1) is 10.2. The van der Waals surface area contributed by atoms with Crippen molar-refractivity contribution in [2.24, 2.45) is 5.73 Å². The van der Waals surface area contributed by atoms with Gasteiger partial charge in [-0.1, -0.05) is 48.0 Å². The van der Waals surface area contributed by atoms with Gasteiger partial charge in [0.05, 0.1) is 15.6 Å². The van der Waals surface area contributed by atoms with E-state index in [1.807, 2.05) is 36.4 Å². The standard InChI is InChI=1S/C16H12BrClN2S/c17-12-8-11(6-7-13(12)18)16-20-14(9-19)15(21-16)10-4-2-1-3-5-10/h1-8H,9,19H2. The number of rotatable bonds is 3. The molecule has 2 nitrogen and oxygen atoms in total. The number of nitrogens with zero attached hydrogens (tertiary/aromatic N) is 1. The van der Waals surface area contributed by atoms with Crippen LogP contribution in [0.15, 0.2) is 53.0 Å². The summed E-state index contributed by atoms with van der Waals surface area (Å²) in [4.78, 5) is 5.80. The van der Waals surface area contributed by atoms with Gasteiger partial charge in [0.2, 0.25) is 0 Å². The monoisotopic (exact) mass is 378 g/mol. The van der Waals surface area contributed by atoms with Crippen molar-refractivity contribution in [1.29, 1.82) is 0 Å². The van der Waals surface area contributed by atoms with Gasteiger partial charge < -0.3 is 5.73 Å². The van der Waals surface area contributed by atoms with E-state index >= 15 is 0 Å². The van der Waals surface area contributed by atoms with E-state index < -0.39 is 0 Å². The predicted octanol–water partition coefficient (Wildman–Crippen LogP) is 5.35. The summed E-state index contributed by atoms with van der Waals surface area (Å²) in [6.07, 6.45) is 0. The number of hydrogen-bond acceptors (Lipinski definition) is 3. The molecule has 0 saturated heterocycles. The number of nitrogens with two attached hydrogens (primary N) is 1. The summed E-state index contributed by atoms with van der Waals surface area (Å²) in [5, 5.41) is 1.64. The summed E-state index contributed by atoms with van der Waals surface area (Å²) in [7, 11) is 0. The second-order valence-electron chi connectivity index (χ2n) is 4.49. The normalized spacial score (nSPS) is 10.8. The quantitative estimate of drug-likeness (QED) is 0.666. The highest BCUT2D eigenvalue weighted by molar-refractivity contribution is 9.10. The van der Waals surface area contributed by atoms with Crippen molar-refractivity contribution in [3.05, 3.63) is 63.7 Å². The lowest BCUT2D eigenvalue weighted by molar-refractivity contribution is 1.02. The van der Waals surface area contributed by atoms with E-state index in [9.17, 15) is 0 Å². The first-order valence-corrected chi connectivity index (χ1v) is 8.38. The molecule has 106 valence electrons. The van der Waals surface area contributed by atoms with Crippen LogP contribution in [0.2, 0.25) is 5.02 Å². The first-order valence-electron chi connectivity index (χ1n) is 6.39. The number of hydrogen-bond donors (Lipinski definition) is 1. The molecule has 0 amide bonds. The van der Waals surface area contributed by atoms with Crippen molar-refractivity contribution in [3.63, 3.8) is 0 Å². The van der Waals surface area contributed by atoms with Gasteiger partial charge in [-0.05, 0) is 33.6 Å². The SMILES string of the molecule is NCc1nc(-c2ccc(Cl)c(Br)c2)sc1-c1ccccc1. The van der Waals surface area contributed by atoms with Crippen LogP contribution in [0.3, 0.4) is 0 Å². The number of benzene rings is 2. The molecule has 0 unspecified atom stereocenters. The zero-order valence-electron chi connectivity index (χ0n) is 11.0. The van der Waals surface area contributed by atoms with Crippen molar-refractivity contribution >= 4 is 38.9 Å². The summed E-state index contributed by atoms with van der Waals surface area (Å²) < 4.78 is 0.868. The summed E-state index contributed by atoms with van der Waals surface area (Å²) >= 11 is 11.1. The largest absolute Gasteiger partial charge is 0.325 e. The lowest BCUT2D eigenvalue weighted by Crippen LogP contribution is -1.98. The Bertz CT molecular complexity index is 771.